The first kappa shape index (κ1) is 12.8. The van der Waals surface area contributed by atoms with Gasteiger partial charge in [0.25, 0.3) is 0 Å². The molecule has 0 fully saturated rings. The van der Waals surface area contributed by atoms with Gasteiger partial charge in [0.15, 0.2) is 0 Å². The van der Waals surface area contributed by atoms with Crippen molar-refractivity contribution in [1.29, 1.82) is 0 Å². The fourth-order valence-corrected chi connectivity index (χ4v) is 1.74. The molecule has 1 unspecified atom stereocenters. The number of hydrogen-bond donors (Lipinski definition) is 3. The summed E-state index contributed by atoms with van der Waals surface area (Å²) in [6.45, 7) is 3.43. The second kappa shape index (κ2) is 4.72. The largest absolute Gasteiger partial charge is 0.506 e. The average Bonchev–Trinajstić information content (AvgIpc) is 2.22. The minimum atomic E-state index is -1.05. The van der Waals surface area contributed by atoms with Crippen LogP contribution in [0.5, 0.6) is 5.75 Å². The third kappa shape index (κ3) is 2.46. The van der Waals surface area contributed by atoms with Gasteiger partial charge >= 0.3 is 5.97 Å². The lowest BCUT2D eigenvalue weighted by Crippen LogP contribution is -2.32. The molecular weight excluding hydrogens is 230 g/mol. The maximum atomic E-state index is 10.6. The van der Waals surface area contributed by atoms with Crippen molar-refractivity contribution in [1.82, 2.24) is 0 Å². The maximum absolute atomic E-state index is 10.6. The molecule has 88 valence electrons. The lowest BCUT2D eigenvalue weighted by atomic mass is 9.98. The monoisotopic (exact) mass is 243 g/mol. The molecule has 1 rings (SSSR count). The standard InChI is InChI=1S/C11H14ClNO3/c1-5-3-7(4-8(13)11(15)16)6(2)9(12)10(5)14/h3,8,14H,4,13H2,1-2H3,(H,15,16). The van der Waals surface area contributed by atoms with E-state index in [1.807, 2.05) is 0 Å². The molecule has 4 N–H and O–H groups in total. The molecule has 0 radical (unpaired) electrons. The van der Waals surface area contributed by atoms with Gasteiger partial charge in [-0.3, -0.25) is 4.79 Å². The summed E-state index contributed by atoms with van der Waals surface area (Å²) in [6.07, 6.45) is 0.196. The van der Waals surface area contributed by atoms with Crippen molar-refractivity contribution in [3.05, 3.63) is 27.8 Å². The van der Waals surface area contributed by atoms with Gasteiger partial charge < -0.3 is 15.9 Å². The van der Waals surface area contributed by atoms with E-state index in [1.54, 1.807) is 19.9 Å². The number of aromatic hydroxyl groups is 1. The summed E-state index contributed by atoms with van der Waals surface area (Å²) in [5.74, 6) is -1.02. The number of benzene rings is 1. The number of nitrogens with two attached hydrogens (primary N) is 1. The highest BCUT2D eigenvalue weighted by molar-refractivity contribution is 6.33. The summed E-state index contributed by atoms with van der Waals surface area (Å²) in [7, 11) is 0. The first-order valence-corrected chi connectivity index (χ1v) is 5.18. The highest BCUT2D eigenvalue weighted by Crippen LogP contribution is 2.33. The molecule has 1 atom stereocenters. The van der Waals surface area contributed by atoms with Crippen molar-refractivity contribution >= 4 is 17.6 Å². The van der Waals surface area contributed by atoms with E-state index in [4.69, 9.17) is 22.4 Å². The summed E-state index contributed by atoms with van der Waals surface area (Å²) in [5.41, 5.74) is 7.48. The molecule has 4 nitrogen and oxygen atoms in total. The maximum Gasteiger partial charge on any atom is 0.320 e. The number of phenolic OH excluding ortho intramolecular Hbond substituents is 1. The Balaban J connectivity index is 3.11. The van der Waals surface area contributed by atoms with Gasteiger partial charge in [-0.25, -0.2) is 0 Å². The third-order valence-corrected chi connectivity index (χ3v) is 3.00. The molecule has 0 aromatic heterocycles. The summed E-state index contributed by atoms with van der Waals surface area (Å²) in [6, 6.07) is 0.748. The van der Waals surface area contributed by atoms with Crippen LogP contribution in [0.2, 0.25) is 5.02 Å². The molecule has 0 aliphatic rings. The van der Waals surface area contributed by atoms with Crippen LogP contribution in [-0.2, 0) is 11.2 Å². The summed E-state index contributed by atoms with van der Waals surface area (Å²) in [5, 5.41) is 18.6. The Morgan fingerprint density at radius 1 is 1.56 bits per heavy atom. The zero-order valence-electron chi connectivity index (χ0n) is 9.12. The Kier molecular flexibility index (Phi) is 3.78. The molecule has 0 spiro atoms. The minimum Gasteiger partial charge on any atom is -0.506 e. The van der Waals surface area contributed by atoms with Gasteiger partial charge in [0, 0.05) is 0 Å². The Morgan fingerprint density at radius 2 is 2.12 bits per heavy atom. The number of halogens is 1. The first-order chi connectivity index (χ1) is 7.34. The van der Waals surface area contributed by atoms with Gasteiger partial charge in [-0.1, -0.05) is 17.7 Å². The van der Waals surface area contributed by atoms with Gasteiger partial charge in [-0.15, -0.1) is 0 Å². The number of carboxylic acid groups (broad SMARTS) is 1. The van der Waals surface area contributed by atoms with E-state index >= 15 is 0 Å². The topological polar surface area (TPSA) is 83.6 Å². The Labute approximate surface area is 98.6 Å². The molecule has 0 aliphatic heterocycles. The van der Waals surface area contributed by atoms with Crippen LogP contribution in [0.3, 0.4) is 0 Å². The number of phenols is 1. The predicted octanol–water partition coefficient (Wildman–Crippen LogP) is 1.62. The van der Waals surface area contributed by atoms with Crippen LogP contribution >= 0.6 is 11.6 Å². The quantitative estimate of drug-likeness (QED) is 0.753. The highest BCUT2D eigenvalue weighted by atomic mass is 35.5. The average molecular weight is 244 g/mol. The normalized spacial score (nSPS) is 12.5. The van der Waals surface area contributed by atoms with Crippen molar-refractivity contribution in [3.63, 3.8) is 0 Å². The molecule has 0 saturated heterocycles. The number of carbonyl (C=O) groups is 1. The van der Waals surface area contributed by atoms with Crippen LogP contribution in [0.25, 0.3) is 0 Å². The van der Waals surface area contributed by atoms with Crippen LogP contribution in [0, 0.1) is 13.8 Å². The van der Waals surface area contributed by atoms with Crippen LogP contribution in [0.1, 0.15) is 16.7 Å². The Bertz CT molecular complexity index is 432. The SMILES string of the molecule is Cc1cc(CC(N)C(=O)O)c(C)c(Cl)c1O. The van der Waals surface area contributed by atoms with Gasteiger partial charge in [0.1, 0.15) is 11.8 Å². The lowest BCUT2D eigenvalue weighted by Gasteiger charge is -2.13. The molecule has 0 saturated carbocycles. The van der Waals surface area contributed by atoms with E-state index in [9.17, 15) is 9.90 Å². The Morgan fingerprint density at radius 3 is 2.62 bits per heavy atom. The molecule has 0 bridgehead atoms. The van der Waals surface area contributed by atoms with Crippen molar-refractivity contribution in [2.45, 2.75) is 26.3 Å². The van der Waals surface area contributed by atoms with E-state index in [2.05, 4.69) is 0 Å². The van der Waals surface area contributed by atoms with Crippen molar-refractivity contribution < 1.29 is 15.0 Å². The number of rotatable bonds is 3. The summed E-state index contributed by atoms with van der Waals surface area (Å²) >= 11 is 5.91. The van der Waals surface area contributed by atoms with Gasteiger partial charge in [0.05, 0.1) is 5.02 Å². The number of aryl methyl sites for hydroxylation is 1. The zero-order valence-corrected chi connectivity index (χ0v) is 9.88. The third-order valence-electron chi connectivity index (χ3n) is 2.54. The second-order valence-corrected chi connectivity index (χ2v) is 4.17. The van der Waals surface area contributed by atoms with E-state index < -0.39 is 12.0 Å². The predicted molar refractivity (Wildman–Crippen MR) is 61.9 cm³/mol. The molecule has 0 amide bonds. The number of carboxylic acids is 1. The lowest BCUT2D eigenvalue weighted by molar-refractivity contribution is -0.138. The van der Waals surface area contributed by atoms with Crippen LogP contribution in [0.15, 0.2) is 6.07 Å². The molecule has 0 heterocycles. The molecule has 0 aliphatic carbocycles. The minimum absolute atomic E-state index is 0.0341. The summed E-state index contributed by atoms with van der Waals surface area (Å²) < 4.78 is 0. The van der Waals surface area contributed by atoms with Gasteiger partial charge in [0.2, 0.25) is 0 Å². The summed E-state index contributed by atoms with van der Waals surface area (Å²) in [4.78, 5) is 10.6. The van der Waals surface area contributed by atoms with Crippen LogP contribution in [0.4, 0.5) is 0 Å². The molecule has 5 heteroatoms. The van der Waals surface area contributed by atoms with Crippen molar-refractivity contribution in [3.8, 4) is 5.75 Å². The molecular formula is C11H14ClNO3. The Hall–Kier alpha value is -1.26. The van der Waals surface area contributed by atoms with E-state index in [0.717, 1.165) is 5.56 Å². The van der Waals surface area contributed by atoms with Gasteiger partial charge in [-0.2, -0.15) is 0 Å². The molecule has 16 heavy (non-hydrogen) atoms. The van der Waals surface area contributed by atoms with Crippen LogP contribution in [-0.4, -0.2) is 22.2 Å². The number of hydrogen-bond acceptors (Lipinski definition) is 3. The molecule has 1 aromatic rings. The first-order valence-electron chi connectivity index (χ1n) is 4.80. The van der Waals surface area contributed by atoms with Gasteiger partial charge in [-0.05, 0) is 37.0 Å². The smallest absolute Gasteiger partial charge is 0.320 e. The van der Waals surface area contributed by atoms with E-state index in [-0.39, 0.29) is 17.2 Å². The van der Waals surface area contributed by atoms with Crippen LogP contribution < -0.4 is 5.73 Å². The fraction of sp³-hybridized carbons (Fsp3) is 0.364. The van der Waals surface area contributed by atoms with E-state index in [1.165, 1.54) is 0 Å². The number of aliphatic carboxylic acids is 1. The van der Waals surface area contributed by atoms with Crippen molar-refractivity contribution in [2.24, 2.45) is 5.73 Å². The van der Waals surface area contributed by atoms with Crippen molar-refractivity contribution in [2.75, 3.05) is 0 Å². The zero-order chi connectivity index (χ0) is 12.5. The second-order valence-electron chi connectivity index (χ2n) is 3.79. The van der Waals surface area contributed by atoms with E-state index in [0.29, 0.717) is 11.1 Å². The molecule has 1 aromatic carbocycles. The highest BCUT2D eigenvalue weighted by Gasteiger charge is 2.17. The fourth-order valence-electron chi connectivity index (χ4n) is 1.47.